The van der Waals surface area contributed by atoms with Crippen LogP contribution in [0.2, 0.25) is 0 Å². The molecule has 88 valence electrons. The summed E-state index contributed by atoms with van der Waals surface area (Å²) in [5.74, 6) is 0.416. The molecule has 0 atom stereocenters. The Morgan fingerprint density at radius 2 is 2.25 bits per heavy atom. The first-order valence-electron chi connectivity index (χ1n) is 5.11. The van der Waals surface area contributed by atoms with Gasteiger partial charge in [0.1, 0.15) is 5.69 Å². The Bertz CT molecular complexity index is 423. The van der Waals surface area contributed by atoms with Gasteiger partial charge in [-0.3, -0.25) is 10.1 Å². The van der Waals surface area contributed by atoms with Gasteiger partial charge in [-0.15, -0.1) is 0 Å². The Labute approximate surface area is 92.2 Å². The zero-order valence-electron chi connectivity index (χ0n) is 9.17. The molecule has 2 N–H and O–H groups in total. The molecular formula is C9H14N4O3. The Kier molecular flexibility index (Phi) is 2.55. The van der Waals surface area contributed by atoms with E-state index >= 15 is 0 Å². The van der Waals surface area contributed by atoms with Gasteiger partial charge in [0.25, 0.3) is 0 Å². The molecule has 1 heterocycles. The van der Waals surface area contributed by atoms with Gasteiger partial charge in [-0.2, -0.15) is 5.10 Å². The predicted octanol–water partition coefficient (Wildman–Crippen LogP) is 0.572. The van der Waals surface area contributed by atoms with E-state index in [1.807, 2.05) is 0 Å². The minimum atomic E-state index is -0.431. The van der Waals surface area contributed by atoms with Crippen LogP contribution in [0.5, 0.6) is 0 Å². The van der Waals surface area contributed by atoms with Crippen molar-refractivity contribution in [3.05, 3.63) is 15.8 Å². The summed E-state index contributed by atoms with van der Waals surface area (Å²) < 4.78 is 1.47. The van der Waals surface area contributed by atoms with E-state index in [9.17, 15) is 10.1 Å². The first-order valence-corrected chi connectivity index (χ1v) is 5.11. The number of aromatic nitrogens is 2. The van der Waals surface area contributed by atoms with Crippen molar-refractivity contribution in [2.45, 2.75) is 31.9 Å². The number of aliphatic hydroxyl groups excluding tert-OH is 1. The highest BCUT2D eigenvalue weighted by atomic mass is 16.6. The predicted molar refractivity (Wildman–Crippen MR) is 57.3 cm³/mol. The molecule has 0 bridgehead atoms. The molecular weight excluding hydrogens is 212 g/mol. The number of nitrogens with zero attached hydrogens (tertiary/aromatic N) is 3. The molecule has 7 nitrogen and oxygen atoms in total. The third-order valence-electron chi connectivity index (χ3n) is 2.83. The van der Waals surface area contributed by atoms with Crippen LogP contribution in [0.15, 0.2) is 0 Å². The van der Waals surface area contributed by atoms with Crippen LogP contribution in [0.3, 0.4) is 0 Å². The fourth-order valence-corrected chi connectivity index (χ4v) is 1.93. The van der Waals surface area contributed by atoms with Crippen LogP contribution in [0.4, 0.5) is 11.5 Å². The molecule has 1 aliphatic carbocycles. The van der Waals surface area contributed by atoms with Crippen molar-refractivity contribution >= 4 is 11.5 Å². The standard InChI is InChI=1S/C9H14N4O3/c1-5-8(13(15)16)9(12(2)11-5)10-6-3-7(14)4-6/h6-7,10,14H,3-4H2,1-2H3. The van der Waals surface area contributed by atoms with Crippen LogP contribution in [0.1, 0.15) is 18.5 Å². The zero-order valence-corrected chi connectivity index (χ0v) is 9.17. The normalized spacial score (nSPS) is 23.9. The second-order valence-corrected chi connectivity index (χ2v) is 4.13. The number of hydrogen-bond donors (Lipinski definition) is 2. The number of nitro groups is 1. The topological polar surface area (TPSA) is 93.2 Å². The minimum absolute atomic E-state index is 0.0175. The van der Waals surface area contributed by atoms with Crippen LogP contribution < -0.4 is 5.32 Å². The van der Waals surface area contributed by atoms with Gasteiger partial charge in [0.15, 0.2) is 0 Å². The molecule has 0 radical (unpaired) electrons. The van der Waals surface area contributed by atoms with E-state index in [1.54, 1.807) is 14.0 Å². The Hall–Kier alpha value is -1.63. The number of anilines is 1. The highest BCUT2D eigenvalue weighted by molar-refractivity contribution is 5.60. The van der Waals surface area contributed by atoms with E-state index in [2.05, 4.69) is 10.4 Å². The van der Waals surface area contributed by atoms with E-state index in [1.165, 1.54) is 4.68 Å². The highest BCUT2D eigenvalue weighted by Crippen LogP contribution is 2.31. The molecule has 1 fully saturated rings. The zero-order chi connectivity index (χ0) is 11.9. The van der Waals surface area contributed by atoms with Crippen molar-refractivity contribution in [2.75, 3.05) is 5.32 Å². The van der Waals surface area contributed by atoms with Crippen molar-refractivity contribution in [2.24, 2.45) is 7.05 Å². The summed E-state index contributed by atoms with van der Waals surface area (Å²) in [5, 5.41) is 27.1. The largest absolute Gasteiger partial charge is 0.393 e. The molecule has 16 heavy (non-hydrogen) atoms. The van der Waals surface area contributed by atoms with Crippen molar-refractivity contribution in [3.63, 3.8) is 0 Å². The molecule has 0 unspecified atom stereocenters. The smallest absolute Gasteiger partial charge is 0.333 e. The second kappa shape index (κ2) is 3.75. The van der Waals surface area contributed by atoms with Gasteiger partial charge in [0.05, 0.1) is 11.0 Å². The maximum Gasteiger partial charge on any atom is 0.333 e. The van der Waals surface area contributed by atoms with E-state index < -0.39 is 4.92 Å². The van der Waals surface area contributed by atoms with E-state index in [0.717, 1.165) is 0 Å². The van der Waals surface area contributed by atoms with Gasteiger partial charge in [0.2, 0.25) is 5.82 Å². The highest BCUT2D eigenvalue weighted by Gasteiger charge is 2.31. The molecule has 0 aliphatic heterocycles. The first kappa shape index (κ1) is 10.9. The molecule has 0 saturated heterocycles. The average Bonchev–Trinajstić information content (AvgIpc) is 2.39. The average molecular weight is 226 g/mol. The van der Waals surface area contributed by atoms with Gasteiger partial charge < -0.3 is 10.4 Å². The summed E-state index contributed by atoms with van der Waals surface area (Å²) in [4.78, 5) is 10.4. The monoisotopic (exact) mass is 226 g/mol. The summed E-state index contributed by atoms with van der Waals surface area (Å²) in [5.41, 5.74) is 0.416. The van der Waals surface area contributed by atoms with Gasteiger partial charge in [-0.1, -0.05) is 0 Å². The maximum absolute atomic E-state index is 10.9. The van der Waals surface area contributed by atoms with Crippen molar-refractivity contribution < 1.29 is 10.0 Å². The lowest BCUT2D eigenvalue weighted by molar-refractivity contribution is -0.384. The molecule has 7 heteroatoms. The van der Waals surface area contributed by atoms with Crippen LogP contribution >= 0.6 is 0 Å². The maximum atomic E-state index is 10.9. The van der Waals surface area contributed by atoms with Crippen molar-refractivity contribution in [1.29, 1.82) is 0 Å². The van der Waals surface area contributed by atoms with Gasteiger partial charge in [-0.05, 0) is 19.8 Å². The van der Waals surface area contributed by atoms with Gasteiger partial charge in [0, 0.05) is 13.1 Å². The lowest BCUT2D eigenvalue weighted by Crippen LogP contribution is -2.39. The number of aryl methyl sites for hydroxylation is 2. The SMILES string of the molecule is Cc1nn(C)c(NC2CC(O)C2)c1[N+](=O)[O-]. The Morgan fingerprint density at radius 1 is 1.62 bits per heavy atom. The Morgan fingerprint density at radius 3 is 2.75 bits per heavy atom. The molecule has 1 aromatic rings. The number of hydrogen-bond acceptors (Lipinski definition) is 5. The third kappa shape index (κ3) is 1.73. The first-order chi connectivity index (χ1) is 7.49. The van der Waals surface area contributed by atoms with E-state index in [0.29, 0.717) is 24.4 Å². The van der Waals surface area contributed by atoms with Crippen molar-refractivity contribution in [3.8, 4) is 0 Å². The number of nitrogens with one attached hydrogen (secondary N) is 1. The van der Waals surface area contributed by atoms with Crippen LogP contribution in [0, 0.1) is 17.0 Å². The summed E-state index contributed by atoms with van der Waals surface area (Å²) in [7, 11) is 1.66. The lowest BCUT2D eigenvalue weighted by atomic mass is 9.89. The molecule has 1 aromatic heterocycles. The lowest BCUT2D eigenvalue weighted by Gasteiger charge is -2.32. The van der Waals surface area contributed by atoms with Crippen LogP contribution in [-0.4, -0.2) is 32.0 Å². The summed E-state index contributed by atoms with van der Waals surface area (Å²) >= 11 is 0. The minimum Gasteiger partial charge on any atom is -0.393 e. The molecule has 0 aromatic carbocycles. The number of rotatable bonds is 3. The molecule has 0 amide bonds. The molecule has 1 saturated carbocycles. The summed E-state index contributed by atoms with van der Waals surface area (Å²) in [6.07, 6.45) is 0.967. The second-order valence-electron chi connectivity index (χ2n) is 4.13. The molecule has 0 spiro atoms. The van der Waals surface area contributed by atoms with E-state index in [4.69, 9.17) is 5.11 Å². The Balaban J connectivity index is 2.22. The fraction of sp³-hybridized carbons (Fsp3) is 0.667. The van der Waals surface area contributed by atoms with Gasteiger partial charge >= 0.3 is 5.69 Å². The van der Waals surface area contributed by atoms with E-state index in [-0.39, 0.29) is 17.8 Å². The third-order valence-corrected chi connectivity index (χ3v) is 2.83. The summed E-state index contributed by atoms with van der Waals surface area (Å²) in [6.45, 7) is 1.61. The van der Waals surface area contributed by atoms with Crippen LogP contribution in [0.25, 0.3) is 0 Å². The number of aliphatic hydroxyl groups is 1. The summed E-state index contributed by atoms with van der Waals surface area (Å²) in [6, 6.07) is 0.100. The van der Waals surface area contributed by atoms with Gasteiger partial charge in [-0.25, -0.2) is 4.68 Å². The van der Waals surface area contributed by atoms with Crippen LogP contribution in [-0.2, 0) is 7.05 Å². The van der Waals surface area contributed by atoms with Crippen molar-refractivity contribution in [1.82, 2.24) is 9.78 Å². The molecule has 2 rings (SSSR count). The fourth-order valence-electron chi connectivity index (χ4n) is 1.93. The quantitative estimate of drug-likeness (QED) is 0.580. The molecule has 1 aliphatic rings.